The maximum atomic E-state index is 12.2. The molecule has 152 valence electrons. The van der Waals surface area contributed by atoms with Crippen molar-refractivity contribution in [2.75, 3.05) is 32.0 Å². The van der Waals surface area contributed by atoms with Crippen LogP contribution in [0.2, 0.25) is 0 Å². The van der Waals surface area contributed by atoms with Crippen molar-refractivity contribution in [3.05, 3.63) is 52.2 Å². The van der Waals surface area contributed by atoms with Crippen LogP contribution in [0.4, 0.5) is 10.5 Å². The first-order valence-electron chi connectivity index (χ1n) is 9.36. The normalized spacial score (nSPS) is 13.8. The summed E-state index contributed by atoms with van der Waals surface area (Å²) in [6.45, 7) is 3.18. The van der Waals surface area contributed by atoms with Crippen LogP contribution in [0.1, 0.15) is 23.3 Å². The van der Waals surface area contributed by atoms with Crippen molar-refractivity contribution >= 4 is 53.0 Å². The van der Waals surface area contributed by atoms with Crippen LogP contribution >= 0.6 is 35.3 Å². The Hall–Kier alpha value is -1.81. The molecule has 28 heavy (non-hydrogen) atoms. The number of urea groups is 1. The molecule has 1 aromatic heterocycles. The number of halogens is 1. The topological polar surface area (TPSA) is 68.8 Å². The van der Waals surface area contributed by atoms with Crippen LogP contribution in [0.25, 0.3) is 0 Å². The summed E-state index contributed by atoms with van der Waals surface area (Å²) in [5, 5.41) is 11.7. The number of amides is 2. The zero-order chi connectivity index (χ0) is 18.9. The van der Waals surface area contributed by atoms with Gasteiger partial charge in [0.1, 0.15) is 0 Å². The number of thiophene rings is 1. The van der Waals surface area contributed by atoms with E-state index in [-0.39, 0.29) is 30.0 Å². The number of rotatable bonds is 6. The Morgan fingerprint density at radius 2 is 2.00 bits per heavy atom. The second-order valence-corrected chi connectivity index (χ2v) is 7.54. The van der Waals surface area contributed by atoms with Gasteiger partial charge in [-0.05, 0) is 48.4 Å². The lowest BCUT2D eigenvalue weighted by molar-refractivity contribution is 0.222. The summed E-state index contributed by atoms with van der Waals surface area (Å²) in [6.07, 6.45) is 3.17. The first-order valence-corrected chi connectivity index (χ1v) is 10.2. The minimum atomic E-state index is -0.0105. The number of anilines is 1. The molecule has 1 aliphatic rings. The molecule has 0 spiro atoms. The Balaban J connectivity index is 0.00000280. The van der Waals surface area contributed by atoms with Crippen molar-refractivity contribution in [2.24, 2.45) is 4.99 Å². The molecule has 3 rings (SSSR count). The second-order valence-electron chi connectivity index (χ2n) is 6.51. The summed E-state index contributed by atoms with van der Waals surface area (Å²) in [5.41, 5.74) is 1.92. The van der Waals surface area contributed by atoms with E-state index in [4.69, 9.17) is 0 Å². The predicted octanol–water partition coefficient (Wildman–Crippen LogP) is 3.90. The van der Waals surface area contributed by atoms with Gasteiger partial charge in [-0.3, -0.25) is 4.99 Å². The van der Waals surface area contributed by atoms with Crippen molar-refractivity contribution in [2.45, 2.75) is 25.8 Å². The van der Waals surface area contributed by atoms with E-state index >= 15 is 0 Å². The van der Waals surface area contributed by atoms with Gasteiger partial charge in [0.05, 0.1) is 0 Å². The number of likely N-dealkylation sites (tertiary alicyclic amines) is 1. The standard InChI is InChI=1S/C20H27N5OS.HI/c1-21-19(22-10-9-18-8-5-13-27-18)23-15-16-6-4-7-17(14-16)24-20(26)25-11-2-3-12-25;/h4-8,13-14H,2-3,9-12,15H2,1H3,(H,24,26)(H2,21,22,23);1H. The zero-order valence-electron chi connectivity index (χ0n) is 16.1. The van der Waals surface area contributed by atoms with Crippen LogP contribution in [0.5, 0.6) is 0 Å². The third kappa shape index (κ3) is 6.97. The van der Waals surface area contributed by atoms with E-state index in [1.165, 1.54) is 4.88 Å². The molecular weight excluding hydrogens is 485 g/mol. The van der Waals surface area contributed by atoms with E-state index in [0.717, 1.165) is 56.1 Å². The number of hydrogen-bond donors (Lipinski definition) is 3. The quantitative estimate of drug-likeness (QED) is 0.312. The fourth-order valence-electron chi connectivity index (χ4n) is 3.05. The largest absolute Gasteiger partial charge is 0.356 e. The Morgan fingerprint density at radius 1 is 1.18 bits per heavy atom. The number of carbonyl (C=O) groups is 1. The summed E-state index contributed by atoms with van der Waals surface area (Å²) in [4.78, 5) is 19.7. The monoisotopic (exact) mass is 513 g/mol. The molecule has 2 amide bonds. The maximum Gasteiger partial charge on any atom is 0.321 e. The molecule has 8 heteroatoms. The van der Waals surface area contributed by atoms with Crippen LogP contribution in [0.3, 0.4) is 0 Å². The van der Waals surface area contributed by atoms with Crippen molar-refractivity contribution in [1.29, 1.82) is 0 Å². The molecule has 0 bridgehead atoms. The first kappa shape index (κ1) is 22.5. The molecule has 0 atom stereocenters. The molecule has 1 fully saturated rings. The van der Waals surface area contributed by atoms with Gasteiger partial charge in [0.25, 0.3) is 0 Å². The van der Waals surface area contributed by atoms with Gasteiger partial charge >= 0.3 is 6.03 Å². The van der Waals surface area contributed by atoms with Gasteiger partial charge in [-0.25, -0.2) is 4.79 Å². The highest BCUT2D eigenvalue weighted by molar-refractivity contribution is 14.0. The van der Waals surface area contributed by atoms with Crippen molar-refractivity contribution in [1.82, 2.24) is 15.5 Å². The third-order valence-electron chi connectivity index (χ3n) is 4.50. The number of carbonyl (C=O) groups excluding carboxylic acids is 1. The summed E-state index contributed by atoms with van der Waals surface area (Å²) in [6, 6.07) is 12.1. The molecule has 0 aliphatic carbocycles. The van der Waals surface area contributed by atoms with Crippen LogP contribution in [0.15, 0.2) is 46.8 Å². The first-order chi connectivity index (χ1) is 13.2. The highest BCUT2D eigenvalue weighted by atomic mass is 127. The number of benzene rings is 1. The van der Waals surface area contributed by atoms with E-state index < -0.39 is 0 Å². The summed E-state index contributed by atoms with van der Waals surface area (Å²) in [5.74, 6) is 0.776. The Labute approximate surface area is 187 Å². The molecule has 1 saturated heterocycles. The van der Waals surface area contributed by atoms with Gasteiger partial charge in [0.2, 0.25) is 0 Å². The van der Waals surface area contributed by atoms with Gasteiger partial charge in [0, 0.05) is 43.8 Å². The smallest absolute Gasteiger partial charge is 0.321 e. The second kappa shape index (κ2) is 11.9. The highest BCUT2D eigenvalue weighted by Crippen LogP contribution is 2.14. The lowest BCUT2D eigenvalue weighted by Gasteiger charge is -2.17. The fourth-order valence-corrected chi connectivity index (χ4v) is 3.76. The molecule has 0 radical (unpaired) electrons. The van der Waals surface area contributed by atoms with Crippen LogP contribution in [-0.2, 0) is 13.0 Å². The number of hydrogen-bond acceptors (Lipinski definition) is 3. The van der Waals surface area contributed by atoms with E-state index in [1.54, 1.807) is 18.4 Å². The lowest BCUT2D eigenvalue weighted by atomic mass is 10.2. The SMILES string of the molecule is CN=C(NCCc1cccs1)NCc1cccc(NC(=O)N2CCCC2)c1.I. The summed E-state index contributed by atoms with van der Waals surface area (Å²) in [7, 11) is 1.77. The summed E-state index contributed by atoms with van der Waals surface area (Å²) < 4.78 is 0. The van der Waals surface area contributed by atoms with E-state index in [0.29, 0.717) is 6.54 Å². The Morgan fingerprint density at radius 3 is 2.71 bits per heavy atom. The Bertz CT molecular complexity index is 760. The average Bonchev–Trinajstić information content (AvgIpc) is 3.38. The fraction of sp³-hybridized carbons (Fsp3) is 0.400. The molecule has 1 aliphatic heterocycles. The molecule has 2 aromatic rings. The minimum Gasteiger partial charge on any atom is -0.356 e. The highest BCUT2D eigenvalue weighted by Gasteiger charge is 2.17. The molecular formula is C20H28IN5OS. The van der Waals surface area contributed by atoms with Crippen LogP contribution < -0.4 is 16.0 Å². The lowest BCUT2D eigenvalue weighted by Crippen LogP contribution is -2.37. The molecule has 0 saturated carbocycles. The van der Waals surface area contributed by atoms with E-state index in [9.17, 15) is 4.79 Å². The van der Waals surface area contributed by atoms with Crippen molar-refractivity contribution < 1.29 is 4.79 Å². The molecule has 0 unspecified atom stereocenters. The van der Waals surface area contributed by atoms with Gasteiger partial charge < -0.3 is 20.9 Å². The van der Waals surface area contributed by atoms with Gasteiger partial charge in [-0.1, -0.05) is 18.2 Å². The average molecular weight is 513 g/mol. The minimum absolute atomic E-state index is 0. The number of guanidine groups is 1. The zero-order valence-corrected chi connectivity index (χ0v) is 19.3. The van der Waals surface area contributed by atoms with E-state index in [2.05, 4.69) is 38.5 Å². The Kier molecular flexibility index (Phi) is 9.56. The maximum absolute atomic E-state index is 12.2. The molecule has 2 heterocycles. The van der Waals surface area contributed by atoms with Gasteiger partial charge in [0.15, 0.2) is 5.96 Å². The van der Waals surface area contributed by atoms with Crippen molar-refractivity contribution in [3.63, 3.8) is 0 Å². The molecule has 3 N–H and O–H groups in total. The predicted molar refractivity (Wildman–Crippen MR) is 128 cm³/mol. The van der Waals surface area contributed by atoms with Crippen molar-refractivity contribution in [3.8, 4) is 0 Å². The number of nitrogens with one attached hydrogen (secondary N) is 3. The van der Waals surface area contributed by atoms with Gasteiger partial charge in [-0.2, -0.15) is 0 Å². The third-order valence-corrected chi connectivity index (χ3v) is 5.44. The summed E-state index contributed by atoms with van der Waals surface area (Å²) >= 11 is 1.77. The van der Waals surface area contributed by atoms with Crippen LogP contribution in [-0.4, -0.2) is 43.6 Å². The van der Waals surface area contributed by atoms with Crippen LogP contribution in [0, 0.1) is 0 Å². The van der Waals surface area contributed by atoms with E-state index in [1.807, 2.05) is 29.2 Å². The molecule has 1 aromatic carbocycles. The molecule has 6 nitrogen and oxygen atoms in total. The van der Waals surface area contributed by atoms with Gasteiger partial charge in [-0.15, -0.1) is 35.3 Å². The number of nitrogens with zero attached hydrogens (tertiary/aromatic N) is 2. The number of aliphatic imine (C=N–C) groups is 1.